The number of aliphatic carboxylic acids is 1. The van der Waals surface area contributed by atoms with Crippen LogP contribution in [0.3, 0.4) is 0 Å². The van der Waals surface area contributed by atoms with Crippen LogP contribution in [0.4, 0.5) is 16.2 Å². The van der Waals surface area contributed by atoms with Crippen LogP contribution in [0.25, 0.3) is 0 Å². The lowest BCUT2D eigenvalue weighted by Crippen LogP contribution is -2.29. The van der Waals surface area contributed by atoms with Crippen molar-refractivity contribution in [1.29, 1.82) is 0 Å². The van der Waals surface area contributed by atoms with Crippen LogP contribution in [0.2, 0.25) is 0 Å². The SMILES string of the molecule is COC(=O)Nc1ccc(NC(=O)C(C)C(C)C(=O)O)cc1. The minimum absolute atomic E-state index is 0.376. The summed E-state index contributed by atoms with van der Waals surface area (Å²) >= 11 is 0. The van der Waals surface area contributed by atoms with Crippen molar-refractivity contribution < 1.29 is 24.2 Å². The molecule has 0 aliphatic heterocycles. The fourth-order valence-corrected chi connectivity index (χ4v) is 1.50. The zero-order valence-electron chi connectivity index (χ0n) is 12.0. The number of carbonyl (C=O) groups is 3. The van der Waals surface area contributed by atoms with Crippen LogP contribution in [0.5, 0.6) is 0 Å². The van der Waals surface area contributed by atoms with Crippen molar-refractivity contribution in [2.75, 3.05) is 17.7 Å². The van der Waals surface area contributed by atoms with E-state index in [2.05, 4.69) is 15.4 Å². The molecular formula is C14H18N2O5. The zero-order chi connectivity index (χ0) is 16.0. The molecule has 0 aliphatic carbocycles. The lowest BCUT2D eigenvalue weighted by Gasteiger charge is -2.16. The number of carboxylic acids is 1. The minimum Gasteiger partial charge on any atom is -0.481 e. The van der Waals surface area contributed by atoms with Gasteiger partial charge in [-0.3, -0.25) is 14.9 Å². The first-order valence-electron chi connectivity index (χ1n) is 6.34. The molecule has 0 aliphatic rings. The molecule has 1 aromatic carbocycles. The predicted molar refractivity (Wildman–Crippen MR) is 77.1 cm³/mol. The van der Waals surface area contributed by atoms with Crippen LogP contribution in [0.1, 0.15) is 13.8 Å². The molecule has 1 rings (SSSR count). The van der Waals surface area contributed by atoms with Crippen molar-refractivity contribution in [2.24, 2.45) is 11.8 Å². The molecular weight excluding hydrogens is 276 g/mol. The second-order valence-electron chi connectivity index (χ2n) is 4.60. The number of hydrogen-bond acceptors (Lipinski definition) is 4. The Morgan fingerprint density at radius 1 is 1.00 bits per heavy atom. The number of ether oxygens (including phenoxy) is 1. The zero-order valence-corrected chi connectivity index (χ0v) is 12.0. The van der Waals surface area contributed by atoms with E-state index in [9.17, 15) is 14.4 Å². The molecule has 3 N–H and O–H groups in total. The number of nitrogens with one attached hydrogen (secondary N) is 2. The van der Waals surface area contributed by atoms with Crippen LogP contribution < -0.4 is 10.6 Å². The molecule has 7 heteroatoms. The molecule has 1 aromatic rings. The first-order valence-corrected chi connectivity index (χ1v) is 6.34. The van der Waals surface area contributed by atoms with E-state index in [0.717, 1.165) is 0 Å². The maximum absolute atomic E-state index is 11.9. The minimum atomic E-state index is -1.02. The van der Waals surface area contributed by atoms with Crippen molar-refractivity contribution in [3.63, 3.8) is 0 Å². The number of anilines is 2. The van der Waals surface area contributed by atoms with Gasteiger partial charge in [-0.25, -0.2) is 4.79 Å². The Morgan fingerprint density at radius 3 is 1.90 bits per heavy atom. The Hall–Kier alpha value is -2.57. The fourth-order valence-electron chi connectivity index (χ4n) is 1.50. The molecule has 0 saturated carbocycles. The van der Waals surface area contributed by atoms with Crippen LogP contribution in [-0.4, -0.2) is 30.2 Å². The Labute approximate surface area is 122 Å². The summed E-state index contributed by atoms with van der Waals surface area (Å²) in [6.45, 7) is 3.04. The van der Waals surface area contributed by atoms with E-state index < -0.39 is 23.9 Å². The van der Waals surface area contributed by atoms with Crippen molar-refractivity contribution in [3.8, 4) is 0 Å². The molecule has 7 nitrogen and oxygen atoms in total. The molecule has 0 spiro atoms. The van der Waals surface area contributed by atoms with Gasteiger partial charge in [-0.1, -0.05) is 13.8 Å². The topological polar surface area (TPSA) is 105 Å². The molecule has 2 unspecified atom stereocenters. The quantitative estimate of drug-likeness (QED) is 0.771. The highest BCUT2D eigenvalue weighted by Crippen LogP contribution is 2.17. The predicted octanol–water partition coefficient (Wildman–Crippen LogP) is 2.16. The summed E-state index contributed by atoms with van der Waals surface area (Å²) in [6, 6.07) is 6.39. The normalized spacial score (nSPS) is 12.9. The summed E-state index contributed by atoms with van der Waals surface area (Å²) in [7, 11) is 1.26. The van der Waals surface area contributed by atoms with Crippen LogP contribution in [-0.2, 0) is 14.3 Å². The molecule has 2 amide bonds. The maximum atomic E-state index is 11.9. The van der Waals surface area contributed by atoms with E-state index in [0.29, 0.717) is 11.4 Å². The third-order valence-corrected chi connectivity index (χ3v) is 3.14. The van der Waals surface area contributed by atoms with Gasteiger partial charge in [0.05, 0.1) is 13.0 Å². The summed E-state index contributed by atoms with van der Waals surface area (Å²) in [4.78, 5) is 33.8. The van der Waals surface area contributed by atoms with E-state index in [4.69, 9.17) is 5.11 Å². The molecule has 0 fully saturated rings. The summed E-state index contributed by atoms with van der Waals surface area (Å²) in [6.07, 6.45) is -0.587. The van der Waals surface area contributed by atoms with Gasteiger partial charge < -0.3 is 15.2 Å². The van der Waals surface area contributed by atoms with Crippen LogP contribution in [0, 0.1) is 11.8 Å². The molecule has 0 aromatic heterocycles. The first kappa shape index (κ1) is 16.5. The van der Waals surface area contributed by atoms with Gasteiger partial charge in [-0.05, 0) is 24.3 Å². The van der Waals surface area contributed by atoms with Gasteiger partial charge in [0.2, 0.25) is 5.91 Å². The molecule has 0 heterocycles. The average molecular weight is 294 g/mol. The highest BCUT2D eigenvalue weighted by atomic mass is 16.5. The second-order valence-corrected chi connectivity index (χ2v) is 4.60. The standard InChI is InChI=1S/C14H18N2O5/c1-8(9(2)13(18)19)12(17)15-10-4-6-11(7-5-10)16-14(20)21-3/h4-9H,1-3H3,(H,15,17)(H,16,20)(H,18,19). The average Bonchev–Trinajstić information content (AvgIpc) is 2.47. The lowest BCUT2D eigenvalue weighted by atomic mass is 9.95. The van der Waals surface area contributed by atoms with Crippen molar-refractivity contribution in [1.82, 2.24) is 0 Å². The molecule has 114 valence electrons. The second kappa shape index (κ2) is 7.28. The Balaban J connectivity index is 2.65. The molecule has 2 atom stereocenters. The Bertz CT molecular complexity index is 527. The smallest absolute Gasteiger partial charge is 0.411 e. The van der Waals surface area contributed by atoms with Crippen LogP contribution in [0.15, 0.2) is 24.3 Å². The number of carbonyl (C=O) groups excluding carboxylic acids is 2. The van der Waals surface area contributed by atoms with E-state index >= 15 is 0 Å². The number of carboxylic acid groups (broad SMARTS) is 1. The van der Waals surface area contributed by atoms with Crippen molar-refractivity contribution >= 4 is 29.3 Å². The summed E-state index contributed by atoms with van der Waals surface area (Å²) in [5.74, 6) is -2.82. The third kappa shape index (κ3) is 4.79. The van der Waals surface area contributed by atoms with Crippen LogP contribution >= 0.6 is 0 Å². The monoisotopic (exact) mass is 294 g/mol. The molecule has 0 radical (unpaired) electrons. The lowest BCUT2D eigenvalue weighted by molar-refractivity contribution is -0.145. The number of methoxy groups -OCH3 is 1. The Kier molecular flexibility index (Phi) is 5.71. The highest BCUT2D eigenvalue weighted by molar-refractivity contribution is 5.95. The van der Waals surface area contributed by atoms with Gasteiger partial charge in [0.15, 0.2) is 0 Å². The number of amides is 2. The summed E-state index contributed by atoms with van der Waals surface area (Å²) in [5, 5.41) is 14.0. The first-order chi connectivity index (χ1) is 9.85. The molecule has 0 bridgehead atoms. The Morgan fingerprint density at radius 2 is 1.48 bits per heavy atom. The molecule has 0 saturated heterocycles. The van der Waals surface area contributed by atoms with Gasteiger partial charge in [0.1, 0.15) is 0 Å². The van der Waals surface area contributed by atoms with E-state index in [1.807, 2.05) is 0 Å². The fraction of sp³-hybridized carbons (Fsp3) is 0.357. The van der Waals surface area contributed by atoms with Gasteiger partial charge >= 0.3 is 12.1 Å². The summed E-state index contributed by atoms with van der Waals surface area (Å²) < 4.78 is 4.45. The van der Waals surface area contributed by atoms with Crippen molar-refractivity contribution in [3.05, 3.63) is 24.3 Å². The third-order valence-electron chi connectivity index (χ3n) is 3.14. The number of rotatable bonds is 5. The van der Waals surface area contributed by atoms with Crippen molar-refractivity contribution in [2.45, 2.75) is 13.8 Å². The number of benzene rings is 1. The van der Waals surface area contributed by atoms with E-state index in [1.165, 1.54) is 14.0 Å². The van der Waals surface area contributed by atoms with Gasteiger partial charge in [-0.15, -0.1) is 0 Å². The van der Waals surface area contributed by atoms with Gasteiger partial charge in [0.25, 0.3) is 0 Å². The van der Waals surface area contributed by atoms with E-state index in [-0.39, 0.29) is 5.91 Å². The van der Waals surface area contributed by atoms with E-state index in [1.54, 1.807) is 31.2 Å². The van der Waals surface area contributed by atoms with Gasteiger partial charge in [-0.2, -0.15) is 0 Å². The van der Waals surface area contributed by atoms with Gasteiger partial charge in [0, 0.05) is 17.3 Å². The maximum Gasteiger partial charge on any atom is 0.411 e. The summed E-state index contributed by atoms with van der Waals surface area (Å²) in [5.41, 5.74) is 1.03. The number of hydrogen-bond donors (Lipinski definition) is 3. The molecule has 21 heavy (non-hydrogen) atoms. The highest BCUT2D eigenvalue weighted by Gasteiger charge is 2.25. The largest absolute Gasteiger partial charge is 0.481 e.